The average molecular weight is 441 g/mol. The van der Waals surface area contributed by atoms with Crippen molar-refractivity contribution in [3.05, 3.63) is 58.4 Å². The van der Waals surface area contributed by atoms with E-state index in [2.05, 4.69) is 0 Å². The van der Waals surface area contributed by atoms with Gasteiger partial charge in [-0.25, -0.2) is 4.79 Å². The van der Waals surface area contributed by atoms with Crippen molar-refractivity contribution >= 4 is 17.7 Å². The van der Waals surface area contributed by atoms with Crippen molar-refractivity contribution in [2.45, 2.75) is 53.2 Å². The lowest BCUT2D eigenvalue weighted by Gasteiger charge is -2.25. The summed E-state index contributed by atoms with van der Waals surface area (Å²) in [7, 11) is 0. The van der Waals surface area contributed by atoms with Crippen molar-refractivity contribution in [2.75, 3.05) is 26.3 Å². The number of aromatic nitrogens is 1. The summed E-state index contributed by atoms with van der Waals surface area (Å²) in [5, 5.41) is 0. The molecule has 1 aliphatic heterocycles. The molecule has 32 heavy (non-hydrogen) atoms. The number of amides is 1. The molecule has 0 spiro atoms. The van der Waals surface area contributed by atoms with Crippen molar-refractivity contribution < 1.29 is 23.9 Å². The number of hydrogen-bond donors (Lipinski definition) is 0. The fraction of sp³-hybridized carbons (Fsp3) is 0.480. The van der Waals surface area contributed by atoms with Gasteiger partial charge in [0, 0.05) is 36.5 Å². The van der Waals surface area contributed by atoms with Crippen LogP contribution in [0.5, 0.6) is 0 Å². The Morgan fingerprint density at radius 2 is 1.88 bits per heavy atom. The Morgan fingerprint density at radius 1 is 1.16 bits per heavy atom. The minimum Gasteiger partial charge on any atom is -0.461 e. The van der Waals surface area contributed by atoms with Gasteiger partial charge in [0.15, 0.2) is 5.78 Å². The molecule has 1 aromatic heterocycles. The van der Waals surface area contributed by atoms with Crippen LogP contribution in [0.3, 0.4) is 0 Å². The van der Waals surface area contributed by atoms with Crippen molar-refractivity contribution in [1.82, 2.24) is 9.47 Å². The van der Waals surface area contributed by atoms with Crippen LogP contribution < -0.4 is 0 Å². The first-order valence-corrected chi connectivity index (χ1v) is 11.2. The second-order valence-corrected chi connectivity index (χ2v) is 8.01. The summed E-state index contributed by atoms with van der Waals surface area (Å²) in [5.74, 6) is -0.837. The fourth-order valence-electron chi connectivity index (χ4n) is 4.43. The van der Waals surface area contributed by atoms with E-state index in [1.807, 2.05) is 24.5 Å². The molecule has 0 bridgehead atoms. The Balaban J connectivity index is 1.92. The number of rotatable bonds is 9. The van der Waals surface area contributed by atoms with Gasteiger partial charge < -0.3 is 18.9 Å². The van der Waals surface area contributed by atoms with E-state index in [4.69, 9.17) is 9.47 Å². The minimum absolute atomic E-state index is 0.0759. The maximum Gasteiger partial charge on any atom is 0.355 e. The van der Waals surface area contributed by atoms with Crippen LogP contribution in [-0.4, -0.2) is 59.5 Å². The van der Waals surface area contributed by atoms with Crippen LogP contribution in [0, 0.1) is 13.8 Å². The largest absolute Gasteiger partial charge is 0.461 e. The molecule has 1 fully saturated rings. The maximum atomic E-state index is 13.5. The number of hydrogen-bond acceptors (Lipinski definition) is 5. The number of ketones is 1. The summed E-state index contributed by atoms with van der Waals surface area (Å²) in [6.07, 6.45) is 1.74. The van der Waals surface area contributed by atoms with Crippen LogP contribution >= 0.6 is 0 Å². The molecule has 1 aromatic carbocycles. The Morgan fingerprint density at radius 3 is 2.47 bits per heavy atom. The summed E-state index contributed by atoms with van der Waals surface area (Å²) in [5.41, 5.74) is 2.72. The number of esters is 1. The minimum atomic E-state index is -0.439. The van der Waals surface area contributed by atoms with Gasteiger partial charge in [0.2, 0.25) is 0 Å². The number of carbonyl (C=O) groups excluding carboxylic acids is 3. The zero-order valence-electron chi connectivity index (χ0n) is 19.3. The van der Waals surface area contributed by atoms with Crippen LogP contribution in [-0.2, 0) is 16.0 Å². The zero-order valence-corrected chi connectivity index (χ0v) is 19.3. The first-order chi connectivity index (χ1) is 15.4. The van der Waals surface area contributed by atoms with Gasteiger partial charge in [-0.05, 0) is 58.2 Å². The number of ether oxygens (including phenoxy) is 2. The highest BCUT2D eigenvalue weighted by atomic mass is 16.5. The zero-order chi connectivity index (χ0) is 23.3. The Bertz CT molecular complexity index is 974. The van der Waals surface area contributed by atoms with Crippen molar-refractivity contribution in [3.63, 3.8) is 0 Å². The fourth-order valence-corrected chi connectivity index (χ4v) is 4.43. The second-order valence-electron chi connectivity index (χ2n) is 8.01. The van der Waals surface area contributed by atoms with Crippen LogP contribution in [0.1, 0.15) is 69.2 Å². The third kappa shape index (κ3) is 4.93. The predicted molar refractivity (Wildman–Crippen MR) is 121 cm³/mol. The van der Waals surface area contributed by atoms with E-state index in [9.17, 15) is 14.4 Å². The summed E-state index contributed by atoms with van der Waals surface area (Å²) in [6.45, 7) is 9.02. The van der Waals surface area contributed by atoms with E-state index in [1.54, 1.807) is 43.0 Å². The highest BCUT2D eigenvalue weighted by molar-refractivity contribution is 6.06. The molecule has 0 radical (unpaired) electrons. The van der Waals surface area contributed by atoms with Gasteiger partial charge in [0.05, 0.1) is 19.3 Å². The normalized spacial score (nSPS) is 15.6. The summed E-state index contributed by atoms with van der Waals surface area (Å²) in [6, 6.07) is 8.96. The average Bonchev–Trinajstić information content (AvgIpc) is 3.38. The number of carbonyl (C=O) groups is 3. The third-order valence-corrected chi connectivity index (χ3v) is 5.92. The van der Waals surface area contributed by atoms with Crippen molar-refractivity contribution in [1.29, 1.82) is 0 Å². The molecule has 7 heteroatoms. The van der Waals surface area contributed by atoms with Gasteiger partial charge in [-0.15, -0.1) is 0 Å². The molecule has 1 aliphatic rings. The summed E-state index contributed by atoms with van der Waals surface area (Å²) >= 11 is 0. The van der Waals surface area contributed by atoms with Gasteiger partial charge in [-0.3, -0.25) is 9.59 Å². The lowest BCUT2D eigenvalue weighted by atomic mass is 10.0. The topological polar surface area (TPSA) is 77.8 Å². The Hall–Kier alpha value is -2.93. The molecule has 7 nitrogen and oxygen atoms in total. The predicted octanol–water partition coefficient (Wildman–Crippen LogP) is 3.81. The van der Waals surface area contributed by atoms with Crippen LogP contribution in [0.4, 0.5) is 0 Å². The monoisotopic (exact) mass is 440 g/mol. The molecule has 0 aliphatic carbocycles. The summed E-state index contributed by atoms with van der Waals surface area (Å²) < 4.78 is 12.8. The molecule has 3 rings (SSSR count). The molecular weight excluding hydrogens is 408 g/mol. The van der Waals surface area contributed by atoms with Gasteiger partial charge in [-0.2, -0.15) is 0 Å². The van der Waals surface area contributed by atoms with Crippen LogP contribution in [0.25, 0.3) is 0 Å². The van der Waals surface area contributed by atoms with E-state index in [1.165, 1.54) is 0 Å². The highest BCUT2D eigenvalue weighted by Gasteiger charge is 2.30. The van der Waals surface area contributed by atoms with Crippen LogP contribution in [0.2, 0.25) is 0 Å². The first kappa shape index (κ1) is 23.7. The number of Topliss-reactive ketones (excluding diaryl/α,β-unsaturated/α-hetero) is 1. The first-order valence-electron chi connectivity index (χ1n) is 11.2. The quantitative estimate of drug-likeness (QED) is 0.438. The van der Waals surface area contributed by atoms with E-state index in [-0.39, 0.29) is 30.9 Å². The molecule has 0 N–H and O–H groups in total. The molecular formula is C25H32N2O5. The van der Waals surface area contributed by atoms with Gasteiger partial charge in [0.1, 0.15) is 5.69 Å². The van der Waals surface area contributed by atoms with Crippen molar-refractivity contribution in [3.8, 4) is 0 Å². The number of benzene rings is 1. The number of nitrogens with zero attached hydrogens (tertiary/aromatic N) is 2. The molecule has 2 heterocycles. The molecule has 1 saturated heterocycles. The third-order valence-electron chi connectivity index (χ3n) is 5.92. The molecule has 1 unspecified atom stereocenters. The van der Waals surface area contributed by atoms with Gasteiger partial charge >= 0.3 is 5.97 Å². The van der Waals surface area contributed by atoms with Crippen LogP contribution in [0.15, 0.2) is 30.3 Å². The molecule has 172 valence electrons. The lowest BCUT2D eigenvalue weighted by molar-refractivity contribution is 0.0505. The van der Waals surface area contributed by atoms with Crippen molar-refractivity contribution in [2.24, 2.45) is 0 Å². The molecule has 0 saturated carbocycles. The summed E-state index contributed by atoms with van der Waals surface area (Å²) in [4.78, 5) is 40.8. The molecule has 1 atom stereocenters. The second kappa shape index (κ2) is 10.6. The highest BCUT2D eigenvalue weighted by Crippen LogP contribution is 2.25. The van der Waals surface area contributed by atoms with Gasteiger partial charge in [-0.1, -0.05) is 18.2 Å². The Kier molecular flexibility index (Phi) is 7.85. The van der Waals surface area contributed by atoms with Gasteiger partial charge in [0.25, 0.3) is 5.91 Å². The SMILES string of the molecule is CCOC(=O)c1c(C)c(C(=O)CN(CC2CCCO2)C(=O)c2ccccc2)c(C)n1CC. The maximum absolute atomic E-state index is 13.5. The van der Waals surface area contributed by atoms with E-state index in [0.29, 0.717) is 47.8 Å². The van der Waals surface area contributed by atoms with E-state index >= 15 is 0 Å². The van der Waals surface area contributed by atoms with E-state index < -0.39 is 5.97 Å². The lowest BCUT2D eigenvalue weighted by Crippen LogP contribution is -2.41. The molecule has 1 amide bonds. The standard InChI is InChI=1S/C25H32N2O5/c1-5-27-18(4)22(17(3)23(27)25(30)31-6-2)21(28)16-26(15-20-13-10-14-32-20)24(29)19-11-8-7-9-12-19/h7-9,11-12,20H,5-6,10,13-16H2,1-4H3. The smallest absolute Gasteiger partial charge is 0.355 e. The Labute approximate surface area is 189 Å². The molecule has 2 aromatic rings. The van der Waals surface area contributed by atoms with E-state index in [0.717, 1.165) is 12.8 Å².